The number of carbonyl (C=O) groups excluding carboxylic acids is 2. The Morgan fingerprint density at radius 3 is 2.36 bits per heavy atom. The van der Waals surface area contributed by atoms with Gasteiger partial charge >= 0.3 is 5.69 Å². The first-order chi connectivity index (χ1) is 13.4. The van der Waals surface area contributed by atoms with Gasteiger partial charge in [-0.15, -0.1) is 0 Å². The van der Waals surface area contributed by atoms with E-state index in [2.05, 4.69) is 0 Å². The highest BCUT2D eigenvalue weighted by Crippen LogP contribution is 2.37. The first-order valence-corrected chi connectivity index (χ1v) is 8.84. The number of carbonyl (C=O) groups is 2. The SMILES string of the molecule is Cc1ccc(COc2cccc(C(O)=C3C(=O)CCCC3=O)c2[N+](=O)[O-])cc1. The zero-order chi connectivity index (χ0) is 20.3. The van der Waals surface area contributed by atoms with Crippen molar-refractivity contribution in [2.45, 2.75) is 32.8 Å². The van der Waals surface area contributed by atoms with E-state index in [1.54, 1.807) is 0 Å². The predicted octanol–water partition coefficient (Wildman–Crippen LogP) is 4.07. The summed E-state index contributed by atoms with van der Waals surface area (Å²) in [6.07, 6.45) is 0.668. The molecule has 144 valence electrons. The molecule has 1 fully saturated rings. The van der Waals surface area contributed by atoms with Crippen LogP contribution in [-0.4, -0.2) is 21.6 Å². The Balaban J connectivity index is 2.00. The van der Waals surface area contributed by atoms with E-state index in [1.165, 1.54) is 18.2 Å². The highest BCUT2D eigenvalue weighted by Gasteiger charge is 2.32. The minimum Gasteiger partial charge on any atom is -0.506 e. The second kappa shape index (κ2) is 8.04. The highest BCUT2D eigenvalue weighted by atomic mass is 16.6. The third-order valence-corrected chi connectivity index (χ3v) is 4.55. The number of nitro groups is 1. The minimum atomic E-state index is -0.686. The van der Waals surface area contributed by atoms with Gasteiger partial charge in [0, 0.05) is 12.8 Å². The number of para-hydroxylation sites is 1. The fraction of sp³-hybridized carbons (Fsp3) is 0.238. The number of hydrogen-bond acceptors (Lipinski definition) is 6. The van der Waals surface area contributed by atoms with E-state index in [-0.39, 0.29) is 36.3 Å². The molecule has 0 atom stereocenters. The van der Waals surface area contributed by atoms with E-state index >= 15 is 0 Å². The molecule has 2 aromatic carbocycles. The predicted molar refractivity (Wildman–Crippen MR) is 102 cm³/mol. The second-order valence-electron chi connectivity index (χ2n) is 6.61. The molecule has 0 radical (unpaired) electrons. The van der Waals surface area contributed by atoms with Crippen molar-refractivity contribution in [3.05, 3.63) is 74.8 Å². The summed E-state index contributed by atoms with van der Waals surface area (Å²) in [5.41, 5.74) is 0.849. The Kier molecular flexibility index (Phi) is 5.54. The van der Waals surface area contributed by atoms with Gasteiger partial charge in [0.05, 0.1) is 10.5 Å². The Morgan fingerprint density at radius 2 is 1.75 bits per heavy atom. The Bertz CT molecular complexity index is 957. The van der Waals surface area contributed by atoms with Crippen LogP contribution in [0.4, 0.5) is 5.69 Å². The second-order valence-corrected chi connectivity index (χ2v) is 6.61. The quantitative estimate of drug-likeness (QED) is 0.275. The van der Waals surface area contributed by atoms with Gasteiger partial charge in [0.25, 0.3) is 0 Å². The molecule has 7 nitrogen and oxygen atoms in total. The Morgan fingerprint density at radius 1 is 1.11 bits per heavy atom. The number of benzene rings is 2. The van der Waals surface area contributed by atoms with Crippen LogP contribution >= 0.6 is 0 Å². The molecule has 3 rings (SSSR count). The lowest BCUT2D eigenvalue weighted by Crippen LogP contribution is -2.20. The zero-order valence-corrected chi connectivity index (χ0v) is 15.3. The fourth-order valence-corrected chi connectivity index (χ4v) is 3.08. The molecule has 0 saturated heterocycles. The zero-order valence-electron chi connectivity index (χ0n) is 15.3. The molecule has 1 aliphatic rings. The summed E-state index contributed by atoms with van der Waals surface area (Å²) in [5, 5.41) is 22.2. The van der Waals surface area contributed by atoms with Crippen molar-refractivity contribution in [2.75, 3.05) is 0 Å². The molecule has 2 aromatic rings. The van der Waals surface area contributed by atoms with Gasteiger partial charge in [0.2, 0.25) is 0 Å². The van der Waals surface area contributed by atoms with Gasteiger partial charge in [-0.3, -0.25) is 19.7 Å². The molecule has 1 N–H and O–H groups in total. The summed E-state index contributed by atoms with van der Waals surface area (Å²) in [6.45, 7) is 2.04. The average molecular weight is 381 g/mol. The molecule has 0 aromatic heterocycles. The average Bonchev–Trinajstić information content (AvgIpc) is 2.66. The number of nitro benzene ring substituents is 1. The number of Topliss-reactive ketones (excluding diaryl/α,β-unsaturated/α-hetero) is 2. The van der Waals surface area contributed by atoms with Crippen molar-refractivity contribution in [3.63, 3.8) is 0 Å². The van der Waals surface area contributed by atoms with Crippen LogP contribution in [0.5, 0.6) is 5.75 Å². The number of aliphatic hydroxyl groups excluding tert-OH is 1. The number of aliphatic hydroxyl groups is 1. The lowest BCUT2D eigenvalue weighted by atomic mass is 9.89. The largest absolute Gasteiger partial charge is 0.506 e. The van der Waals surface area contributed by atoms with Gasteiger partial charge in [-0.2, -0.15) is 0 Å². The number of ketones is 2. The maximum atomic E-state index is 12.1. The molecule has 0 amide bonds. The molecule has 1 saturated carbocycles. The van der Waals surface area contributed by atoms with E-state index < -0.39 is 27.9 Å². The smallest absolute Gasteiger partial charge is 0.321 e. The molecular weight excluding hydrogens is 362 g/mol. The normalized spacial score (nSPS) is 14.1. The van der Waals surface area contributed by atoms with Crippen molar-refractivity contribution >= 4 is 23.0 Å². The first-order valence-electron chi connectivity index (χ1n) is 8.84. The van der Waals surface area contributed by atoms with Gasteiger partial charge in [-0.25, -0.2) is 0 Å². The maximum Gasteiger partial charge on any atom is 0.321 e. The van der Waals surface area contributed by atoms with Crippen LogP contribution in [0.3, 0.4) is 0 Å². The maximum absolute atomic E-state index is 12.1. The molecule has 0 aliphatic heterocycles. The van der Waals surface area contributed by atoms with Gasteiger partial charge in [0.1, 0.15) is 17.9 Å². The van der Waals surface area contributed by atoms with Crippen LogP contribution < -0.4 is 4.74 Å². The van der Waals surface area contributed by atoms with Gasteiger partial charge in [0.15, 0.2) is 17.3 Å². The molecule has 7 heteroatoms. The van der Waals surface area contributed by atoms with Crippen LogP contribution in [0, 0.1) is 17.0 Å². The first kappa shape index (κ1) is 19.3. The number of aryl methyl sites for hydroxylation is 1. The summed E-state index contributed by atoms with van der Waals surface area (Å²) in [4.78, 5) is 35.2. The van der Waals surface area contributed by atoms with Crippen LogP contribution in [0.15, 0.2) is 48.0 Å². The molecule has 28 heavy (non-hydrogen) atoms. The summed E-state index contributed by atoms with van der Waals surface area (Å²) < 4.78 is 5.61. The van der Waals surface area contributed by atoms with E-state index in [0.29, 0.717) is 6.42 Å². The van der Waals surface area contributed by atoms with Gasteiger partial charge < -0.3 is 9.84 Å². The summed E-state index contributed by atoms with van der Waals surface area (Å²) in [5.74, 6) is -1.73. The van der Waals surface area contributed by atoms with Crippen LogP contribution in [0.2, 0.25) is 0 Å². The Hall–Kier alpha value is -3.48. The van der Waals surface area contributed by atoms with E-state index in [0.717, 1.165) is 11.1 Å². The van der Waals surface area contributed by atoms with E-state index in [9.17, 15) is 24.8 Å². The number of allylic oxidation sites excluding steroid dienone is 1. The minimum absolute atomic E-state index is 0.0501. The number of rotatable bonds is 5. The van der Waals surface area contributed by atoms with Gasteiger partial charge in [-0.1, -0.05) is 35.9 Å². The van der Waals surface area contributed by atoms with Crippen LogP contribution in [-0.2, 0) is 16.2 Å². The van der Waals surface area contributed by atoms with E-state index in [4.69, 9.17) is 4.74 Å². The lowest BCUT2D eigenvalue weighted by Gasteiger charge is -2.15. The summed E-state index contributed by atoms with van der Waals surface area (Å²) in [7, 11) is 0. The molecular formula is C21H19NO6. The third-order valence-electron chi connectivity index (χ3n) is 4.55. The van der Waals surface area contributed by atoms with Crippen molar-refractivity contribution in [3.8, 4) is 5.75 Å². The summed E-state index contributed by atoms with van der Waals surface area (Å²) >= 11 is 0. The van der Waals surface area contributed by atoms with E-state index in [1.807, 2.05) is 31.2 Å². The standard InChI is InChI=1S/C21H19NO6/c1-13-8-10-14(11-9-13)12-28-18-7-2-4-15(20(18)22(26)27)21(25)19-16(23)5-3-6-17(19)24/h2,4,7-11,25H,3,5-6,12H2,1H3. The van der Waals surface area contributed by atoms with Crippen molar-refractivity contribution in [1.82, 2.24) is 0 Å². The van der Waals surface area contributed by atoms with Crippen LogP contribution in [0.1, 0.15) is 36.0 Å². The molecule has 0 bridgehead atoms. The number of hydrogen-bond donors (Lipinski definition) is 1. The monoisotopic (exact) mass is 381 g/mol. The van der Waals surface area contributed by atoms with Crippen molar-refractivity contribution < 1.29 is 24.4 Å². The molecule has 0 spiro atoms. The molecule has 0 unspecified atom stereocenters. The number of nitrogens with zero attached hydrogens (tertiary/aromatic N) is 1. The van der Waals surface area contributed by atoms with Crippen molar-refractivity contribution in [2.24, 2.45) is 0 Å². The lowest BCUT2D eigenvalue weighted by molar-refractivity contribution is -0.386. The molecule has 0 heterocycles. The fourth-order valence-electron chi connectivity index (χ4n) is 3.08. The number of ether oxygens (including phenoxy) is 1. The highest BCUT2D eigenvalue weighted by molar-refractivity contribution is 6.26. The molecule has 1 aliphatic carbocycles. The third kappa shape index (κ3) is 3.93. The Labute approximate surface area is 161 Å². The summed E-state index contributed by atoms with van der Waals surface area (Å²) in [6, 6.07) is 11.7. The van der Waals surface area contributed by atoms with Crippen molar-refractivity contribution in [1.29, 1.82) is 0 Å². The topological polar surface area (TPSA) is 107 Å². The van der Waals surface area contributed by atoms with Crippen LogP contribution in [0.25, 0.3) is 5.76 Å². The van der Waals surface area contributed by atoms with Gasteiger partial charge in [-0.05, 0) is 31.0 Å².